The Morgan fingerprint density at radius 3 is 2.15 bits per heavy atom. The molecule has 0 aromatic heterocycles. The first kappa shape index (κ1) is 11.3. The molecule has 0 bridgehead atoms. The molecular weight excluding hydrogens is 183 g/mol. The smallest absolute Gasteiger partial charge is 0.206 e. The van der Waals surface area contributed by atoms with Crippen LogP contribution in [0.15, 0.2) is 0 Å². The van der Waals surface area contributed by atoms with Gasteiger partial charge in [0.15, 0.2) is 0 Å². The van der Waals surface area contributed by atoms with Crippen LogP contribution < -0.4 is 0 Å². The van der Waals surface area contributed by atoms with E-state index in [-0.39, 0.29) is 5.16 Å². The van der Waals surface area contributed by atoms with Crippen molar-refractivity contribution in [1.29, 1.82) is 0 Å². The number of hydrogen-bond acceptors (Lipinski definition) is 1. The molecule has 13 heavy (non-hydrogen) atoms. The first-order valence-electron chi connectivity index (χ1n) is 5.40. The van der Waals surface area contributed by atoms with Crippen LogP contribution in [0.5, 0.6) is 0 Å². The summed E-state index contributed by atoms with van der Waals surface area (Å²) in [4.78, 5) is 9.95. The predicted octanol–water partition coefficient (Wildman–Crippen LogP) is 3.39. The lowest BCUT2D eigenvalue weighted by molar-refractivity contribution is 0.328. The Hall–Kier alpha value is 0.190. The van der Waals surface area contributed by atoms with Crippen LogP contribution in [0.1, 0.15) is 52.4 Å². The van der Waals surface area contributed by atoms with Crippen molar-refractivity contribution in [2.24, 2.45) is 0 Å². The van der Waals surface area contributed by atoms with E-state index in [2.05, 4.69) is 6.92 Å². The predicted molar refractivity (Wildman–Crippen MR) is 56.5 cm³/mol. The van der Waals surface area contributed by atoms with Crippen molar-refractivity contribution < 1.29 is 9.46 Å². The monoisotopic (exact) mass is 204 g/mol. The lowest BCUT2D eigenvalue weighted by Gasteiger charge is -2.39. The third-order valence-electron chi connectivity index (χ3n) is 3.61. The fourth-order valence-corrected chi connectivity index (χ4v) is 4.68. The first-order chi connectivity index (χ1) is 6.08. The highest BCUT2D eigenvalue weighted by atomic mass is 31.2. The van der Waals surface area contributed by atoms with E-state index in [4.69, 9.17) is 0 Å². The van der Waals surface area contributed by atoms with E-state index >= 15 is 0 Å². The van der Waals surface area contributed by atoms with Crippen molar-refractivity contribution in [3.8, 4) is 0 Å². The highest BCUT2D eigenvalue weighted by Crippen LogP contribution is 2.61. The highest BCUT2D eigenvalue weighted by Gasteiger charge is 2.44. The standard InChI is InChI=1S/C10H21O2P/c1-3-10(13(11,12)4-2)8-6-5-7-9-10/h3-9H2,1-2H3,(H,11,12). The van der Waals surface area contributed by atoms with Gasteiger partial charge in [0.1, 0.15) is 0 Å². The van der Waals surface area contributed by atoms with Gasteiger partial charge in [-0.05, 0) is 19.3 Å². The Morgan fingerprint density at radius 1 is 1.23 bits per heavy atom. The minimum absolute atomic E-state index is 0.222. The maximum Gasteiger partial charge on any atom is 0.206 e. The molecule has 0 heterocycles. The van der Waals surface area contributed by atoms with E-state index in [1.807, 2.05) is 6.92 Å². The van der Waals surface area contributed by atoms with Gasteiger partial charge in [0.25, 0.3) is 0 Å². The lowest BCUT2D eigenvalue weighted by atomic mass is 9.86. The second-order valence-corrected chi connectivity index (χ2v) is 7.14. The molecule has 1 fully saturated rings. The molecule has 0 spiro atoms. The van der Waals surface area contributed by atoms with Gasteiger partial charge in [0.2, 0.25) is 7.37 Å². The Labute approximate surface area is 81.2 Å². The Balaban J connectivity index is 2.84. The molecule has 1 atom stereocenters. The molecule has 78 valence electrons. The van der Waals surface area contributed by atoms with Gasteiger partial charge in [-0.25, -0.2) is 0 Å². The summed E-state index contributed by atoms with van der Waals surface area (Å²) in [6, 6.07) is 0. The van der Waals surface area contributed by atoms with Crippen LogP contribution in [-0.2, 0) is 4.57 Å². The van der Waals surface area contributed by atoms with Crippen LogP contribution in [0.4, 0.5) is 0 Å². The maximum absolute atomic E-state index is 12.0. The largest absolute Gasteiger partial charge is 0.344 e. The zero-order valence-electron chi connectivity index (χ0n) is 8.75. The zero-order valence-corrected chi connectivity index (χ0v) is 9.65. The van der Waals surface area contributed by atoms with Gasteiger partial charge in [-0.2, -0.15) is 0 Å². The summed E-state index contributed by atoms with van der Waals surface area (Å²) < 4.78 is 12.0. The summed E-state index contributed by atoms with van der Waals surface area (Å²) in [5.41, 5.74) is 0. The van der Waals surface area contributed by atoms with Crippen molar-refractivity contribution in [3.05, 3.63) is 0 Å². The van der Waals surface area contributed by atoms with Crippen LogP contribution in [-0.4, -0.2) is 16.2 Å². The number of hydrogen-bond donors (Lipinski definition) is 1. The molecule has 1 rings (SSSR count). The minimum atomic E-state index is -2.88. The van der Waals surface area contributed by atoms with Crippen LogP contribution in [0.2, 0.25) is 0 Å². The van der Waals surface area contributed by atoms with E-state index in [0.717, 1.165) is 32.1 Å². The minimum Gasteiger partial charge on any atom is -0.344 e. The topological polar surface area (TPSA) is 37.3 Å². The van der Waals surface area contributed by atoms with Crippen molar-refractivity contribution >= 4 is 7.37 Å². The molecule has 1 aliphatic carbocycles. The van der Waals surface area contributed by atoms with Crippen LogP contribution in [0, 0.1) is 0 Å². The summed E-state index contributed by atoms with van der Waals surface area (Å²) in [5, 5.41) is -0.222. The fraction of sp³-hybridized carbons (Fsp3) is 1.00. The molecule has 0 radical (unpaired) electrons. The van der Waals surface area contributed by atoms with E-state index in [1.54, 1.807) is 0 Å². The molecule has 0 aliphatic heterocycles. The average molecular weight is 204 g/mol. The van der Waals surface area contributed by atoms with E-state index in [9.17, 15) is 9.46 Å². The molecule has 0 amide bonds. The molecule has 3 heteroatoms. The van der Waals surface area contributed by atoms with Crippen molar-refractivity contribution in [3.63, 3.8) is 0 Å². The normalized spacial score (nSPS) is 26.7. The van der Waals surface area contributed by atoms with Gasteiger partial charge in [0.05, 0.1) is 0 Å². The van der Waals surface area contributed by atoms with E-state index in [1.165, 1.54) is 6.42 Å². The number of rotatable bonds is 3. The quantitative estimate of drug-likeness (QED) is 0.715. The van der Waals surface area contributed by atoms with Crippen LogP contribution in [0.3, 0.4) is 0 Å². The van der Waals surface area contributed by atoms with Gasteiger partial charge >= 0.3 is 0 Å². The van der Waals surface area contributed by atoms with Crippen molar-refractivity contribution in [1.82, 2.24) is 0 Å². The molecule has 1 unspecified atom stereocenters. The summed E-state index contributed by atoms with van der Waals surface area (Å²) in [5.74, 6) is 0. The second-order valence-electron chi connectivity index (χ2n) is 4.16. The van der Waals surface area contributed by atoms with Crippen LogP contribution >= 0.6 is 7.37 Å². The molecule has 0 saturated heterocycles. The summed E-state index contributed by atoms with van der Waals surface area (Å²) in [7, 11) is -2.88. The molecule has 1 saturated carbocycles. The zero-order chi connectivity index (χ0) is 9.95. The molecule has 2 nitrogen and oxygen atoms in total. The van der Waals surface area contributed by atoms with Gasteiger partial charge < -0.3 is 4.89 Å². The van der Waals surface area contributed by atoms with Gasteiger partial charge in [-0.15, -0.1) is 0 Å². The second kappa shape index (κ2) is 4.14. The van der Waals surface area contributed by atoms with Gasteiger partial charge in [0, 0.05) is 11.3 Å². The molecule has 1 aliphatic rings. The molecule has 0 aromatic carbocycles. The Kier molecular flexibility index (Phi) is 3.59. The Morgan fingerprint density at radius 2 is 1.77 bits per heavy atom. The highest BCUT2D eigenvalue weighted by molar-refractivity contribution is 7.59. The molecular formula is C10H21O2P. The summed E-state index contributed by atoms with van der Waals surface area (Å²) >= 11 is 0. The van der Waals surface area contributed by atoms with Crippen LogP contribution in [0.25, 0.3) is 0 Å². The third kappa shape index (κ3) is 1.99. The summed E-state index contributed by atoms with van der Waals surface area (Å²) in [6.45, 7) is 3.90. The Bertz CT molecular complexity index is 207. The fourth-order valence-electron chi connectivity index (χ4n) is 2.50. The SMILES string of the molecule is CCC1(P(=O)(O)CC)CCCCC1. The van der Waals surface area contributed by atoms with Crippen molar-refractivity contribution in [2.75, 3.05) is 6.16 Å². The van der Waals surface area contributed by atoms with E-state index < -0.39 is 7.37 Å². The van der Waals surface area contributed by atoms with Gasteiger partial charge in [-0.1, -0.05) is 33.1 Å². The molecule has 0 aromatic rings. The maximum atomic E-state index is 12.0. The average Bonchev–Trinajstić information content (AvgIpc) is 2.18. The molecule has 1 N–H and O–H groups in total. The van der Waals surface area contributed by atoms with E-state index in [0.29, 0.717) is 6.16 Å². The third-order valence-corrected chi connectivity index (χ3v) is 6.72. The van der Waals surface area contributed by atoms with Gasteiger partial charge in [-0.3, -0.25) is 4.57 Å². The summed E-state index contributed by atoms with van der Waals surface area (Å²) in [6.07, 6.45) is 6.76. The first-order valence-corrected chi connectivity index (χ1v) is 7.24. The lowest BCUT2D eigenvalue weighted by Crippen LogP contribution is -2.31. The van der Waals surface area contributed by atoms with Crippen molar-refractivity contribution in [2.45, 2.75) is 57.5 Å².